The van der Waals surface area contributed by atoms with Gasteiger partial charge in [0.1, 0.15) is 0 Å². The third-order valence-corrected chi connectivity index (χ3v) is 4.88. The summed E-state index contributed by atoms with van der Waals surface area (Å²) < 4.78 is 3.17. The predicted molar refractivity (Wildman–Crippen MR) is 87.6 cm³/mol. The van der Waals surface area contributed by atoms with Gasteiger partial charge in [0, 0.05) is 44.0 Å². The first-order valence-electron chi connectivity index (χ1n) is 8.58. The van der Waals surface area contributed by atoms with Gasteiger partial charge in [-0.2, -0.15) is 5.10 Å². The predicted octanol–water partition coefficient (Wildman–Crippen LogP) is 1.08. The van der Waals surface area contributed by atoms with Crippen LogP contribution in [0.3, 0.4) is 0 Å². The Morgan fingerprint density at radius 2 is 1.96 bits per heavy atom. The lowest BCUT2D eigenvalue weighted by Crippen LogP contribution is -2.41. The molecule has 7 nitrogen and oxygen atoms in total. The third-order valence-electron chi connectivity index (χ3n) is 4.88. The number of nitrogens with zero attached hydrogens (tertiary/aromatic N) is 5. The maximum atomic E-state index is 12.1. The number of rotatable bonds is 4. The zero-order chi connectivity index (χ0) is 16.5. The van der Waals surface area contributed by atoms with Crippen molar-refractivity contribution in [2.75, 3.05) is 13.1 Å². The number of amides is 1. The van der Waals surface area contributed by atoms with E-state index in [1.54, 1.807) is 23.1 Å². The molecule has 1 aliphatic heterocycles. The van der Waals surface area contributed by atoms with E-state index >= 15 is 0 Å². The molecule has 2 fully saturated rings. The molecule has 126 valence electrons. The molecule has 0 radical (unpaired) electrons. The van der Waals surface area contributed by atoms with Crippen LogP contribution in [0.15, 0.2) is 35.4 Å². The number of carbonyl (C=O) groups excluding carboxylic acids is 1. The summed E-state index contributed by atoms with van der Waals surface area (Å²) in [5, 5.41) is 8.58. The minimum Gasteiger partial charge on any atom is -0.342 e. The van der Waals surface area contributed by atoms with Gasteiger partial charge in [-0.25, -0.2) is 9.36 Å². The van der Waals surface area contributed by atoms with E-state index in [9.17, 15) is 9.59 Å². The maximum absolute atomic E-state index is 12.1. The number of hydrogen-bond donors (Lipinski definition) is 0. The Morgan fingerprint density at radius 3 is 2.62 bits per heavy atom. The van der Waals surface area contributed by atoms with E-state index in [1.807, 2.05) is 11.0 Å². The Balaban J connectivity index is 1.41. The molecule has 0 N–H and O–H groups in total. The van der Waals surface area contributed by atoms with E-state index in [1.165, 1.54) is 10.7 Å². The lowest BCUT2D eigenvalue weighted by atomic mass is 9.96. The maximum Gasteiger partial charge on any atom is 0.266 e. The molecule has 0 aromatic carbocycles. The molecular formula is C17H21N5O2. The molecule has 24 heavy (non-hydrogen) atoms. The van der Waals surface area contributed by atoms with Crippen LogP contribution in [0.5, 0.6) is 0 Å². The fourth-order valence-corrected chi connectivity index (χ4v) is 3.26. The van der Waals surface area contributed by atoms with Crippen molar-refractivity contribution in [3.63, 3.8) is 0 Å². The smallest absolute Gasteiger partial charge is 0.266 e. The molecule has 2 aromatic heterocycles. The second-order valence-electron chi connectivity index (χ2n) is 6.71. The van der Waals surface area contributed by atoms with Gasteiger partial charge in [0.05, 0.1) is 0 Å². The highest BCUT2D eigenvalue weighted by atomic mass is 16.2. The standard InChI is InChI=1S/C17H21N5O2/c23-16-5-4-15(21-9-1-8-18-21)19-22(16)12-13-6-10-20(11-7-13)17(24)14-2-3-14/h1,4-5,8-9,13-14H,2-3,6-7,10-12H2. The fraction of sp³-hybridized carbons (Fsp3) is 0.529. The van der Waals surface area contributed by atoms with Gasteiger partial charge >= 0.3 is 0 Å². The molecular weight excluding hydrogens is 306 g/mol. The van der Waals surface area contributed by atoms with Crippen molar-refractivity contribution < 1.29 is 4.79 Å². The number of likely N-dealkylation sites (tertiary alicyclic amines) is 1. The van der Waals surface area contributed by atoms with Crippen molar-refractivity contribution in [2.24, 2.45) is 11.8 Å². The Labute approximate surface area is 139 Å². The Kier molecular flexibility index (Phi) is 3.92. The first-order chi connectivity index (χ1) is 11.7. The zero-order valence-electron chi connectivity index (χ0n) is 13.5. The minimum absolute atomic E-state index is 0.0950. The molecule has 0 unspecified atom stereocenters. The summed E-state index contributed by atoms with van der Waals surface area (Å²) in [4.78, 5) is 26.2. The van der Waals surface area contributed by atoms with Crippen LogP contribution >= 0.6 is 0 Å². The van der Waals surface area contributed by atoms with Gasteiger partial charge in [-0.05, 0) is 43.7 Å². The van der Waals surface area contributed by atoms with Crippen molar-refractivity contribution in [3.05, 3.63) is 40.9 Å². The minimum atomic E-state index is -0.0950. The lowest BCUT2D eigenvalue weighted by molar-refractivity contribution is -0.134. The van der Waals surface area contributed by atoms with Gasteiger partial charge < -0.3 is 4.90 Å². The molecule has 0 spiro atoms. The van der Waals surface area contributed by atoms with Gasteiger partial charge in [0.2, 0.25) is 5.91 Å². The monoisotopic (exact) mass is 327 g/mol. The third kappa shape index (κ3) is 3.11. The normalized spacial score (nSPS) is 18.8. The molecule has 0 bridgehead atoms. The molecule has 0 atom stereocenters. The molecule has 4 rings (SSSR count). The van der Waals surface area contributed by atoms with Crippen LogP contribution in [0.1, 0.15) is 25.7 Å². The summed E-state index contributed by atoms with van der Waals surface area (Å²) in [6.07, 6.45) is 7.45. The summed E-state index contributed by atoms with van der Waals surface area (Å²) in [6, 6.07) is 5.04. The largest absolute Gasteiger partial charge is 0.342 e. The molecule has 1 saturated heterocycles. The van der Waals surface area contributed by atoms with Crippen LogP contribution in [0.4, 0.5) is 0 Å². The van der Waals surface area contributed by atoms with Crippen LogP contribution in [0.2, 0.25) is 0 Å². The molecule has 2 aromatic rings. The van der Waals surface area contributed by atoms with Gasteiger partial charge in [0.25, 0.3) is 5.56 Å². The zero-order valence-corrected chi connectivity index (χ0v) is 13.5. The molecule has 1 saturated carbocycles. The number of carbonyl (C=O) groups is 1. The van der Waals surface area contributed by atoms with Crippen molar-refractivity contribution in [1.82, 2.24) is 24.5 Å². The van der Waals surface area contributed by atoms with Crippen molar-refractivity contribution >= 4 is 5.91 Å². The Morgan fingerprint density at radius 1 is 1.17 bits per heavy atom. The van der Waals surface area contributed by atoms with Crippen molar-refractivity contribution in [1.29, 1.82) is 0 Å². The molecule has 7 heteroatoms. The Hall–Kier alpha value is -2.44. The summed E-state index contributed by atoms with van der Waals surface area (Å²) in [5.74, 6) is 1.63. The van der Waals surface area contributed by atoms with Crippen LogP contribution in [-0.2, 0) is 11.3 Å². The first kappa shape index (κ1) is 15.1. The quantitative estimate of drug-likeness (QED) is 0.842. The number of piperidine rings is 1. The second-order valence-corrected chi connectivity index (χ2v) is 6.71. The van der Waals surface area contributed by atoms with E-state index in [0.29, 0.717) is 24.2 Å². The van der Waals surface area contributed by atoms with Crippen LogP contribution in [-0.4, -0.2) is 43.5 Å². The average Bonchev–Trinajstić information content (AvgIpc) is 3.31. The van der Waals surface area contributed by atoms with Crippen LogP contribution < -0.4 is 5.56 Å². The van der Waals surface area contributed by atoms with Gasteiger partial charge in [-0.3, -0.25) is 9.59 Å². The summed E-state index contributed by atoms with van der Waals surface area (Å²) in [5.41, 5.74) is -0.0950. The topological polar surface area (TPSA) is 73.0 Å². The summed E-state index contributed by atoms with van der Waals surface area (Å²) in [6.45, 7) is 2.20. The fourth-order valence-electron chi connectivity index (χ4n) is 3.26. The van der Waals surface area contributed by atoms with E-state index in [-0.39, 0.29) is 11.5 Å². The van der Waals surface area contributed by atoms with Gasteiger partial charge in [0.15, 0.2) is 5.82 Å². The van der Waals surface area contributed by atoms with Gasteiger partial charge in [-0.15, -0.1) is 5.10 Å². The summed E-state index contributed by atoms with van der Waals surface area (Å²) in [7, 11) is 0. The molecule has 1 aliphatic carbocycles. The first-order valence-corrected chi connectivity index (χ1v) is 8.58. The average molecular weight is 327 g/mol. The van der Waals surface area contributed by atoms with Crippen molar-refractivity contribution in [3.8, 4) is 5.82 Å². The van der Waals surface area contributed by atoms with E-state index in [2.05, 4.69) is 10.2 Å². The number of hydrogen-bond acceptors (Lipinski definition) is 4. The van der Waals surface area contributed by atoms with Crippen molar-refractivity contribution in [2.45, 2.75) is 32.2 Å². The Bertz CT molecular complexity index is 771. The van der Waals surface area contributed by atoms with E-state index < -0.39 is 0 Å². The van der Waals surface area contributed by atoms with E-state index in [4.69, 9.17) is 0 Å². The number of aromatic nitrogens is 4. The highest BCUT2D eigenvalue weighted by Crippen LogP contribution is 2.32. The molecule has 2 aliphatic rings. The highest BCUT2D eigenvalue weighted by molar-refractivity contribution is 5.81. The van der Waals surface area contributed by atoms with Crippen LogP contribution in [0, 0.1) is 11.8 Å². The van der Waals surface area contributed by atoms with Crippen LogP contribution in [0.25, 0.3) is 5.82 Å². The SMILES string of the molecule is O=C(C1CC1)N1CCC(Cn2nc(-n3cccn3)ccc2=O)CC1. The highest BCUT2D eigenvalue weighted by Gasteiger charge is 2.34. The lowest BCUT2D eigenvalue weighted by Gasteiger charge is -2.32. The van der Waals surface area contributed by atoms with Gasteiger partial charge in [-0.1, -0.05) is 0 Å². The molecule has 3 heterocycles. The van der Waals surface area contributed by atoms with E-state index in [0.717, 1.165) is 38.8 Å². The summed E-state index contributed by atoms with van der Waals surface area (Å²) >= 11 is 0. The second kappa shape index (κ2) is 6.22. The molecule has 1 amide bonds.